The molecule has 0 fully saturated rings. The van der Waals surface area contributed by atoms with Crippen LogP contribution in [0.15, 0.2) is 53.6 Å². The molecule has 0 aliphatic heterocycles. The van der Waals surface area contributed by atoms with Gasteiger partial charge in [-0.1, -0.05) is 34.8 Å². The lowest BCUT2D eigenvalue weighted by Gasteiger charge is -2.10. The van der Waals surface area contributed by atoms with Crippen molar-refractivity contribution in [3.63, 3.8) is 0 Å². The van der Waals surface area contributed by atoms with Crippen molar-refractivity contribution in [2.45, 2.75) is 13.8 Å². The highest BCUT2D eigenvalue weighted by molar-refractivity contribution is 6.42. The van der Waals surface area contributed by atoms with Gasteiger partial charge in [0, 0.05) is 27.7 Å². The van der Waals surface area contributed by atoms with E-state index in [0.29, 0.717) is 20.8 Å². The zero-order valence-electron chi connectivity index (χ0n) is 15.7. The molecule has 150 valence electrons. The maximum Gasteiger partial charge on any atom is 0.277 e. The Balaban J connectivity index is 1.64. The molecule has 0 spiro atoms. The van der Waals surface area contributed by atoms with Crippen LogP contribution in [0.2, 0.25) is 15.1 Å². The van der Waals surface area contributed by atoms with Crippen molar-refractivity contribution in [2.24, 2.45) is 5.10 Å². The number of amides is 1. The number of carbonyl (C=O) groups excluding carboxylic acids is 1. The Bertz CT molecular complexity index is 1060. The highest BCUT2D eigenvalue weighted by Gasteiger charge is 2.11. The molecule has 0 bridgehead atoms. The van der Waals surface area contributed by atoms with E-state index < -0.39 is 0 Å². The van der Waals surface area contributed by atoms with E-state index in [1.54, 1.807) is 42.6 Å². The first-order valence-corrected chi connectivity index (χ1v) is 9.83. The molecule has 5 nitrogen and oxygen atoms in total. The van der Waals surface area contributed by atoms with Crippen molar-refractivity contribution in [2.75, 3.05) is 6.61 Å². The van der Waals surface area contributed by atoms with E-state index in [4.69, 9.17) is 39.5 Å². The average molecular weight is 451 g/mol. The van der Waals surface area contributed by atoms with Crippen LogP contribution in [0.1, 0.15) is 17.0 Å². The molecular weight excluding hydrogens is 433 g/mol. The number of ether oxygens (including phenoxy) is 1. The second-order valence-corrected chi connectivity index (χ2v) is 7.55. The third-order valence-electron chi connectivity index (χ3n) is 4.21. The van der Waals surface area contributed by atoms with E-state index in [-0.39, 0.29) is 12.5 Å². The van der Waals surface area contributed by atoms with Crippen LogP contribution in [0.5, 0.6) is 5.75 Å². The first-order valence-electron chi connectivity index (χ1n) is 8.70. The smallest absolute Gasteiger partial charge is 0.277 e. The number of aryl methyl sites for hydroxylation is 1. The van der Waals surface area contributed by atoms with Crippen molar-refractivity contribution in [3.05, 3.63) is 80.6 Å². The van der Waals surface area contributed by atoms with Crippen molar-refractivity contribution < 1.29 is 9.53 Å². The molecule has 1 amide bonds. The Hall–Kier alpha value is -2.47. The molecule has 0 atom stereocenters. The predicted molar refractivity (Wildman–Crippen MR) is 118 cm³/mol. The zero-order chi connectivity index (χ0) is 21.0. The molecule has 0 saturated carbocycles. The standard InChI is InChI=1S/C21H18Cl3N3O2/c1-13-9-15(14(2)27(13)17-5-8-19(23)20(24)10-17)11-25-26-21(28)12-29-18-6-3-16(22)4-7-18/h3-11H,12H2,1-2H3,(H,26,28)/b25-11-. The summed E-state index contributed by atoms with van der Waals surface area (Å²) < 4.78 is 7.42. The monoisotopic (exact) mass is 449 g/mol. The molecule has 8 heteroatoms. The molecule has 1 N–H and O–H groups in total. The SMILES string of the molecule is Cc1cc(/C=N\NC(=O)COc2ccc(Cl)cc2)c(C)n1-c1ccc(Cl)c(Cl)c1. The summed E-state index contributed by atoms with van der Waals surface area (Å²) in [6, 6.07) is 14.2. The lowest BCUT2D eigenvalue weighted by atomic mass is 10.2. The Morgan fingerprint density at radius 1 is 1.07 bits per heavy atom. The molecule has 3 rings (SSSR count). The van der Waals surface area contributed by atoms with Gasteiger partial charge in [0.1, 0.15) is 5.75 Å². The van der Waals surface area contributed by atoms with E-state index in [0.717, 1.165) is 22.6 Å². The van der Waals surface area contributed by atoms with E-state index >= 15 is 0 Å². The number of aromatic nitrogens is 1. The van der Waals surface area contributed by atoms with Crippen molar-refractivity contribution in [1.29, 1.82) is 0 Å². The lowest BCUT2D eigenvalue weighted by molar-refractivity contribution is -0.123. The lowest BCUT2D eigenvalue weighted by Crippen LogP contribution is -2.24. The number of hydrogen-bond donors (Lipinski definition) is 1. The Morgan fingerprint density at radius 2 is 1.79 bits per heavy atom. The summed E-state index contributed by atoms with van der Waals surface area (Å²) in [5.41, 5.74) is 6.18. The number of hydrogen-bond acceptors (Lipinski definition) is 3. The molecule has 0 aliphatic rings. The van der Waals surface area contributed by atoms with Crippen molar-refractivity contribution in [1.82, 2.24) is 9.99 Å². The van der Waals surface area contributed by atoms with Crippen LogP contribution >= 0.6 is 34.8 Å². The molecule has 1 aromatic heterocycles. The van der Waals surface area contributed by atoms with Crippen molar-refractivity contribution in [3.8, 4) is 11.4 Å². The largest absolute Gasteiger partial charge is 0.484 e. The number of carbonyl (C=O) groups is 1. The summed E-state index contributed by atoms with van der Waals surface area (Å²) in [6.07, 6.45) is 1.59. The third kappa shape index (κ3) is 5.32. The molecule has 0 radical (unpaired) electrons. The van der Waals surface area contributed by atoms with Crippen LogP contribution < -0.4 is 10.2 Å². The molecule has 0 unspecified atom stereocenters. The van der Waals surface area contributed by atoms with E-state index in [9.17, 15) is 4.79 Å². The fourth-order valence-electron chi connectivity index (χ4n) is 2.83. The number of halogens is 3. The summed E-state index contributed by atoms with van der Waals surface area (Å²) in [5, 5.41) is 5.61. The van der Waals surface area contributed by atoms with Crippen LogP contribution in [0.4, 0.5) is 0 Å². The maximum atomic E-state index is 11.9. The van der Waals surface area contributed by atoms with Crippen LogP contribution in [0.3, 0.4) is 0 Å². The molecule has 0 saturated heterocycles. The van der Waals surface area contributed by atoms with E-state index in [2.05, 4.69) is 10.5 Å². The van der Waals surface area contributed by atoms with Gasteiger partial charge in [-0.25, -0.2) is 5.43 Å². The minimum Gasteiger partial charge on any atom is -0.484 e. The first kappa shape index (κ1) is 21.2. The van der Waals surface area contributed by atoms with Gasteiger partial charge in [-0.15, -0.1) is 0 Å². The van der Waals surface area contributed by atoms with Crippen LogP contribution in [0.25, 0.3) is 5.69 Å². The Morgan fingerprint density at radius 3 is 2.48 bits per heavy atom. The van der Waals surface area contributed by atoms with Gasteiger partial charge >= 0.3 is 0 Å². The Kier molecular flexibility index (Phi) is 6.85. The molecule has 0 aliphatic carbocycles. The van der Waals surface area contributed by atoms with Crippen LogP contribution in [0, 0.1) is 13.8 Å². The molecule has 29 heavy (non-hydrogen) atoms. The van der Waals surface area contributed by atoms with Gasteiger partial charge in [0.05, 0.1) is 16.3 Å². The van der Waals surface area contributed by atoms with Gasteiger partial charge in [-0.3, -0.25) is 4.79 Å². The van der Waals surface area contributed by atoms with Gasteiger partial charge in [0.15, 0.2) is 6.61 Å². The van der Waals surface area contributed by atoms with Gasteiger partial charge in [-0.2, -0.15) is 5.10 Å². The van der Waals surface area contributed by atoms with Gasteiger partial charge in [-0.05, 0) is 62.4 Å². The molecule has 2 aromatic carbocycles. The fraction of sp³-hybridized carbons (Fsp3) is 0.143. The number of benzene rings is 2. The quantitative estimate of drug-likeness (QED) is 0.393. The number of hydrazone groups is 1. The average Bonchev–Trinajstić information content (AvgIpc) is 2.97. The third-order valence-corrected chi connectivity index (χ3v) is 5.20. The number of nitrogens with zero attached hydrogens (tertiary/aromatic N) is 2. The zero-order valence-corrected chi connectivity index (χ0v) is 18.0. The van der Waals surface area contributed by atoms with Crippen molar-refractivity contribution >= 4 is 46.9 Å². The minimum atomic E-state index is -0.366. The van der Waals surface area contributed by atoms with Crippen LogP contribution in [-0.4, -0.2) is 23.3 Å². The predicted octanol–water partition coefficient (Wildman–Crippen LogP) is 5.58. The molecular formula is C21H18Cl3N3O2. The highest BCUT2D eigenvalue weighted by Crippen LogP contribution is 2.27. The second-order valence-electron chi connectivity index (χ2n) is 6.30. The Labute approximate surface area is 183 Å². The van der Waals surface area contributed by atoms with Gasteiger partial charge in [0.25, 0.3) is 5.91 Å². The first-order chi connectivity index (χ1) is 13.8. The highest BCUT2D eigenvalue weighted by atomic mass is 35.5. The topological polar surface area (TPSA) is 55.6 Å². The summed E-state index contributed by atoms with van der Waals surface area (Å²) in [6.45, 7) is 3.79. The number of nitrogens with one attached hydrogen (secondary N) is 1. The summed E-state index contributed by atoms with van der Waals surface area (Å²) in [5.74, 6) is 0.188. The fourth-order valence-corrected chi connectivity index (χ4v) is 3.24. The minimum absolute atomic E-state index is 0.152. The molecule has 3 aromatic rings. The van der Waals surface area contributed by atoms with Gasteiger partial charge < -0.3 is 9.30 Å². The molecule has 1 heterocycles. The van der Waals surface area contributed by atoms with Gasteiger partial charge in [0.2, 0.25) is 0 Å². The van der Waals surface area contributed by atoms with E-state index in [1.807, 2.05) is 30.5 Å². The summed E-state index contributed by atoms with van der Waals surface area (Å²) in [4.78, 5) is 11.9. The second kappa shape index (κ2) is 9.35. The number of rotatable bonds is 6. The van der Waals surface area contributed by atoms with Crippen LogP contribution in [-0.2, 0) is 4.79 Å². The summed E-state index contributed by atoms with van der Waals surface area (Å²) in [7, 11) is 0. The van der Waals surface area contributed by atoms with E-state index in [1.165, 1.54) is 0 Å². The maximum absolute atomic E-state index is 11.9. The summed E-state index contributed by atoms with van der Waals surface area (Å²) >= 11 is 18.0. The normalized spacial score (nSPS) is 11.1.